The average molecular weight is 335 g/mol. The smallest absolute Gasteiger partial charge is 0.326 e. The van der Waals surface area contributed by atoms with E-state index in [4.69, 9.17) is 9.47 Å². The summed E-state index contributed by atoms with van der Waals surface area (Å²) < 4.78 is 9.95. The van der Waals surface area contributed by atoms with E-state index < -0.39 is 17.1 Å². The van der Waals surface area contributed by atoms with Gasteiger partial charge in [-0.15, -0.1) is 0 Å². The van der Waals surface area contributed by atoms with Gasteiger partial charge in [-0.3, -0.25) is 19.3 Å². The number of imide groups is 1. The Balaban J connectivity index is 2.18. The Hall–Kier alpha value is -2.28. The summed E-state index contributed by atoms with van der Waals surface area (Å²) in [6.07, 6.45) is 1.63. The molecule has 0 bridgehead atoms. The lowest BCUT2D eigenvalue weighted by molar-refractivity contribution is -0.145. The second-order valence-electron chi connectivity index (χ2n) is 4.80. The fraction of sp³-hybridized carbons (Fsp3) is 0.312. The predicted molar refractivity (Wildman–Crippen MR) is 87.0 cm³/mol. The topological polar surface area (TPSA) is 72.9 Å². The zero-order chi connectivity index (χ0) is 17.0. The molecular formula is C16H17NO5S. The van der Waals surface area contributed by atoms with Crippen molar-refractivity contribution in [2.24, 2.45) is 0 Å². The Morgan fingerprint density at radius 3 is 2.70 bits per heavy atom. The molecule has 0 aliphatic carbocycles. The summed E-state index contributed by atoms with van der Waals surface area (Å²) in [7, 11) is 1.59. The summed E-state index contributed by atoms with van der Waals surface area (Å²) in [5.41, 5.74) is 1.71. The Morgan fingerprint density at radius 1 is 1.35 bits per heavy atom. The standard InChI is InChI=1S/C16H17NO5S/c1-4-22-14(18)9-17-15(19)13(23-16(17)20)8-11-5-6-12(21-3)10(2)7-11/h5-8H,4,9H2,1-3H3/b13-8-. The molecule has 0 spiro atoms. The summed E-state index contributed by atoms with van der Waals surface area (Å²) in [5, 5.41) is -0.473. The third-order valence-corrected chi connectivity index (χ3v) is 4.09. The Bertz CT molecular complexity index is 683. The first-order valence-electron chi connectivity index (χ1n) is 7.02. The van der Waals surface area contributed by atoms with Crippen LogP contribution >= 0.6 is 11.8 Å². The first-order chi connectivity index (χ1) is 11.0. The molecule has 0 atom stereocenters. The van der Waals surface area contributed by atoms with Crippen molar-refractivity contribution in [2.45, 2.75) is 13.8 Å². The molecule has 0 unspecified atom stereocenters. The SMILES string of the molecule is CCOC(=O)CN1C(=O)S/C(=C\c2ccc(OC)c(C)c2)C1=O. The number of ether oxygens (including phenoxy) is 2. The van der Waals surface area contributed by atoms with Crippen LogP contribution in [0.25, 0.3) is 6.08 Å². The number of methoxy groups -OCH3 is 1. The van der Waals surface area contributed by atoms with E-state index in [0.717, 1.165) is 33.5 Å². The second-order valence-corrected chi connectivity index (χ2v) is 5.80. The van der Waals surface area contributed by atoms with E-state index in [1.165, 1.54) is 0 Å². The van der Waals surface area contributed by atoms with Gasteiger partial charge in [-0.1, -0.05) is 6.07 Å². The number of carbonyl (C=O) groups is 3. The number of amides is 2. The third kappa shape index (κ3) is 3.92. The van der Waals surface area contributed by atoms with Gasteiger partial charge in [0.05, 0.1) is 18.6 Å². The average Bonchev–Trinajstić information content (AvgIpc) is 2.75. The molecular weight excluding hydrogens is 318 g/mol. The normalized spacial score (nSPS) is 16.1. The van der Waals surface area contributed by atoms with Gasteiger partial charge in [0.2, 0.25) is 0 Å². The highest BCUT2D eigenvalue weighted by Gasteiger charge is 2.36. The zero-order valence-corrected chi connectivity index (χ0v) is 13.9. The highest BCUT2D eigenvalue weighted by atomic mass is 32.2. The molecule has 122 valence electrons. The van der Waals surface area contributed by atoms with Gasteiger partial charge in [0, 0.05) is 0 Å². The highest BCUT2D eigenvalue weighted by molar-refractivity contribution is 8.18. The number of aryl methyl sites for hydroxylation is 1. The summed E-state index contributed by atoms with van der Waals surface area (Å²) in [5.74, 6) is -0.338. The summed E-state index contributed by atoms with van der Waals surface area (Å²) in [6, 6.07) is 5.45. The van der Waals surface area contributed by atoms with Crippen LogP contribution in [-0.4, -0.2) is 42.3 Å². The van der Waals surface area contributed by atoms with Crippen LogP contribution in [0.3, 0.4) is 0 Å². The van der Waals surface area contributed by atoms with E-state index >= 15 is 0 Å². The third-order valence-electron chi connectivity index (χ3n) is 3.18. The molecule has 0 aromatic heterocycles. The van der Waals surface area contributed by atoms with Gasteiger partial charge < -0.3 is 9.47 Å². The lowest BCUT2D eigenvalue weighted by Crippen LogP contribution is -2.34. The van der Waals surface area contributed by atoms with E-state index in [1.54, 1.807) is 32.2 Å². The van der Waals surface area contributed by atoms with Gasteiger partial charge in [-0.25, -0.2) is 0 Å². The molecule has 1 fully saturated rings. The van der Waals surface area contributed by atoms with Crippen LogP contribution in [0.15, 0.2) is 23.1 Å². The number of nitrogens with zero attached hydrogens (tertiary/aromatic N) is 1. The van der Waals surface area contributed by atoms with Gasteiger partial charge in [-0.2, -0.15) is 0 Å². The number of carbonyl (C=O) groups excluding carboxylic acids is 3. The lowest BCUT2D eigenvalue weighted by Gasteiger charge is -2.10. The fourth-order valence-electron chi connectivity index (χ4n) is 2.11. The molecule has 0 N–H and O–H groups in total. The van der Waals surface area contributed by atoms with Gasteiger partial charge in [0.15, 0.2) is 0 Å². The van der Waals surface area contributed by atoms with Crippen LogP contribution in [-0.2, 0) is 14.3 Å². The number of hydrogen-bond donors (Lipinski definition) is 0. The van der Waals surface area contributed by atoms with Crippen molar-refractivity contribution in [3.05, 3.63) is 34.2 Å². The summed E-state index contributed by atoms with van der Waals surface area (Å²) in [6.45, 7) is 3.40. The summed E-state index contributed by atoms with van der Waals surface area (Å²) >= 11 is 0.812. The number of benzene rings is 1. The molecule has 2 amide bonds. The maximum Gasteiger partial charge on any atom is 0.326 e. The van der Waals surface area contributed by atoms with Crippen LogP contribution in [0.5, 0.6) is 5.75 Å². The van der Waals surface area contributed by atoms with Crippen molar-refractivity contribution < 1.29 is 23.9 Å². The van der Waals surface area contributed by atoms with Crippen molar-refractivity contribution in [3.63, 3.8) is 0 Å². The minimum Gasteiger partial charge on any atom is -0.496 e. The molecule has 1 saturated heterocycles. The minimum atomic E-state index is -0.601. The maximum atomic E-state index is 12.3. The van der Waals surface area contributed by atoms with E-state index in [-0.39, 0.29) is 18.1 Å². The predicted octanol–water partition coefficient (Wildman–Crippen LogP) is 2.60. The second kappa shape index (κ2) is 7.32. The maximum absolute atomic E-state index is 12.3. The van der Waals surface area contributed by atoms with Crippen molar-refractivity contribution in [3.8, 4) is 5.75 Å². The van der Waals surface area contributed by atoms with E-state index in [1.807, 2.05) is 13.0 Å². The molecule has 1 aromatic carbocycles. The molecule has 1 aromatic rings. The number of rotatable bonds is 5. The molecule has 23 heavy (non-hydrogen) atoms. The molecule has 1 aliphatic heterocycles. The fourth-order valence-corrected chi connectivity index (χ4v) is 2.95. The first kappa shape index (κ1) is 17.1. The van der Waals surface area contributed by atoms with Crippen LogP contribution in [0.1, 0.15) is 18.1 Å². The first-order valence-corrected chi connectivity index (χ1v) is 7.83. The lowest BCUT2D eigenvalue weighted by atomic mass is 10.1. The van der Waals surface area contributed by atoms with E-state index in [2.05, 4.69) is 0 Å². The van der Waals surface area contributed by atoms with Crippen molar-refractivity contribution >= 4 is 35.0 Å². The molecule has 6 nitrogen and oxygen atoms in total. The monoisotopic (exact) mass is 335 g/mol. The quantitative estimate of drug-likeness (QED) is 0.608. The van der Waals surface area contributed by atoms with Crippen molar-refractivity contribution in [1.82, 2.24) is 4.90 Å². The van der Waals surface area contributed by atoms with Crippen molar-refractivity contribution in [2.75, 3.05) is 20.3 Å². The Kier molecular flexibility index (Phi) is 5.44. The Morgan fingerprint density at radius 2 is 2.09 bits per heavy atom. The van der Waals surface area contributed by atoms with E-state index in [0.29, 0.717) is 0 Å². The van der Waals surface area contributed by atoms with Gasteiger partial charge in [0.25, 0.3) is 11.1 Å². The van der Waals surface area contributed by atoms with Crippen molar-refractivity contribution in [1.29, 1.82) is 0 Å². The van der Waals surface area contributed by atoms with Crippen LogP contribution in [0.2, 0.25) is 0 Å². The van der Waals surface area contributed by atoms with Crippen LogP contribution < -0.4 is 4.74 Å². The molecule has 0 saturated carbocycles. The Labute approximate surface area is 138 Å². The van der Waals surface area contributed by atoms with Crippen LogP contribution in [0, 0.1) is 6.92 Å². The highest BCUT2D eigenvalue weighted by Crippen LogP contribution is 2.32. The number of hydrogen-bond acceptors (Lipinski definition) is 6. The van der Waals surface area contributed by atoms with Crippen LogP contribution in [0.4, 0.5) is 4.79 Å². The molecule has 1 aliphatic rings. The number of esters is 1. The summed E-state index contributed by atoms with van der Waals surface area (Å²) in [4.78, 5) is 36.8. The minimum absolute atomic E-state index is 0.204. The van der Waals surface area contributed by atoms with Gasteiger partial charge >= 0.3 is 5.97 Å². The largest absolute Gasteiger partial charge is 0.496 e. The number of thioether (sulfide) groups is 1. The van der Waals surface area contributed by atoms with E-state index in [9.17, 15) is 14.4 Å². The van der Waals surface area contributed by atoms with Gasteiger partial charge in [-0.05, 0) is 54.9 Å². The molecule has 0 radical (unpaired) electrons. The molecule has 2 rings (SSSR count). The van der Waals surface area contributed by atoms with Gasteiger partial charge in [0.1, 0.15) is 12.3 Å². The zero-order valence-electron chi connectivity index (χ0n) is 13.1. The molecule has 7 heteroatoms. The molecule has 1 heterocycles.